The van der Waals surface area contributed by atoms with Gasteiger partial charge in [0.1, 0.15) is 12.0 Å². The lowest BCUT2D eigenvalue weighted by molar-refractivity contribution is -0.136. The van der Waals surface area contributed by atoms with Gasteiger partial charge in [0.25, 0.3) is 5.91 Å². The van der Waals surface area contributed by atoms with Crippen LogP contribution in [-0.2, 0) is 19.1 Å². The Bertz CT molecular complexity index is 746. The van der Waals surface area contributed by atoms with Crippen LogP contribution in [0.15, 0.2) is 23.3 Å². The van der Waals surface area contributed by atoms with Crippen LogP contribution in [0.5, 0.6) is 0 Å². The van der Waals surface area contributed by atoms with Gasteiger partial charge in [-0.2, -0.15) is 5.10 Å². The molecule has 2 atom stereocenters. The first-order chi connectivity index (χ1) is 11.0. The quantitative estimate of drug-likeness (QED) is 0.658. The number of hydrazone groups is 1. The van der Waals surface area contributed by atoms with Crippen LogP contribution in [0.25, 0.3) is 0 Å². The van der Waals surface area contributed by atoms with E-state index in [-0.39, 0.29) is 12.3 Å². The van der Waals surface area contributed by atoms with E-state index in [2.05, 4.69) is 10.5 Å². The Morgan fingerprint density at radius 2 is 2.13 bits per heavy atom. The average molecular weight is 336 g/mol. The second-order valence-corrected chi connectivity index (χ2v) is 5.68. The van der Waals surface area contributed by atoms with E-state index in [4.69, 9.17) is 16.3 Å². The molecule has 23 heavy (non-hydrogen) atoms. The van der Waals surface area contributed by atoms with Crippen LogP contribution in [0, 0.1) is 12.8 Å². The van der Waals surface area contributed by atoms with Gasteiger partial charge in [-0.25, -0.2) is 9.69 Å². The summed E-state index contributed by atoms with van der Waals surface area (Å²) >= 11 is 5.97. The summed E-state index contributed by atoms with van der Waals surface area (Å²) in [5.41, 5.74) is 3.63. The summed E-state index contributed by atoms with van der Waals surface area (Å²) in [5, 5.41) is 4.22. The molecule has 1 saturated heterocycles. The second kappa shape index (κ2) is 5.66. The lowest BCUT2D eigenvalue weighted by Gasteiger charge is -2.18. The maximum atomic E-state index is 12.7. The Morgan fingerprint density at radius 1 is 1.39 bits per heavy atom. The third kappa shape index (κ3) is 2.37. The number of ether oxygens (including phenoxy) is 1. The maximum Gasteiger partial charge on any atom is 0.355 e. The van der Waals surface area contributed by atoms with E-state index in [1.54, 1.807) is 32.0 Å². The second-order valence-electron chi connectivity index (χ2n) is 5.24. The Kier molecular flexibility index (Phi) is 3.81. The van der Waals surface area contributed by atoms with Crippen molar-refractivity contribution in [2.45, 2.75) is 19.9 Å². The number of nitrogens with zero attached hydrogens (tertiary/aromatic N) is 2. The van der Waals surface area contributed by atoms with Crippen LogP contribution in [0.3, 0.4) is 0 Å². The third-order valence-electron chi connectivity index (χ3n) is 3.82. The first kappa shape index (κ1) is 15.5. The summed E-state index contributed by atoms with van der Waals surface area (Å²) in [5.74, 6) is -2.64. The molecule has 1 aromatic rings. The summed E-state index contributed by atoms with van der Waals surface area (Å²) < 4.78 is 4.89. The number of amides is 2. The fourth-order valence-electron chi connectivity index (χ4n) is 2.72. The Hall–Kier alpha value is -2.41. The molecule has 0 aliphatic carbocycles. The molecule has 0 saturated carbocycles. The van der Waals surface area contributed by atoms with Gasteiger partial charge < -0.3 is 4.74 Å². The molecule has 1 fully saturated rings. The Balaban J connectivity index is 1.97. The zero-order valence-electron chi connectivity index (χ0n) is 12.5. The van der Waals surface area contributed by atoms with E-state index in [0.717, 1.165) is 10.5 Å². The number of esters is 1. The highest BCUT2D eigenvalue weighted by Gasteiger charge is 2.56. The number of halogens is 1. The van der Waals surface area contributed by atoms with Crippen LogP contribution in [0.2, 0.25) is 5.02 Å². The molecule has 8 heteroatoms. The van der Waals surface area contributed by atoms with Crippen molar-refractivity contribution in [3.63, 3.8) is 0 Å². The summed E-state index contributed by atoms with van der Waals surface area (Å²) in [6, 6.07) is 4.06. The molecule has 7 nitrogen and oxygen atoms in total. The molecule has 0 aromatic heterocycles. The lowest BCUT2D eigenvalue weighted by Crippen LogP contribution is -2.36. The molecule has 2 amide bonds. The van der Waals surface area contributed by atoms with E-state index >= 15 is 0 Å². The van der Waals surface area contributed by atoms with Crippen molar-refractivity contribution in [2.24, 2.45) is 11.0 Å². The van der Waals surface area contributed by atoms with Crippen molar-refractivity contribution in [1.82, 2.24) is 5.43 Å². The first-order valence-electron chi connectivity index (χ1n) is 7.10. The molecule has 120 valence electrons. The van der Waals surface area contributed by atoms with Crippen molar-refractivity contribution >= 4 is 40.8 Å². The van der Waals surface area contributed by atoms with Gasteiger partial charge in [-0.15, -0.1) is 0 Å². The van der Waals surface area contributed by atoms with Gasteiger partial charge >= 0.3 is 5.97 Å². The standard InChI is InChI=1S/C15H14ClN3O4/c1-3-23-15(22)12-10-11(17-18-12)14(21)19(13(10)20)9-6-8(16)5-4-7(9)2/h4-6,10-11,17H,3H2,1-2H3/t10-,11-/m1/s1. The summed E-state index contributed by atoms with van der Waals surface area (Å²) in [7, 11) is 0. The zero-order valence-corrected chi connectivity index (χ0v) is 13.3. The number of anilines is 1. The topological polar surface area (TPSA) is 88.1 Å². The summed E-state index contributed by atoms with van der Waals surface area (Å²) in [6.45, 7) is 3.59. The maximum absolute atomic E-state index is 12.7. The predicted octanol–water partition coefficient (Wildman–Crippen LogP) is 1.03. The molecular weight excluding hydrogens is 322 g/mol. The number of hydrogen-bond donors (Lipinski definition) is 1. The van der Waals surface area contributed by atoms with Gasteiger partial charge in [0, 0.05) is 5.02 Å². The van der Waals surface area contributed by atoms with Gasteiger partial charge in [0.15, 0.2) is 5.71 Å². The number of carbonyl (C=O) groups is 3. The van der Waals surface area contributed by atoms with E-state index < -0.39 is 29.7 Å². The van der Waals surface area contributed by atoms with Gasteiger partial charge in [-0.3, -0.25) is 15.0 Å². The molecule has 2 aliphatic rings. The van der Waals surface area contributed by atoms with E-state index in [1.165, 1.54) is 0 Å². The molecule has 1 aromatic carbocycles. The third-order valence-corrected chi connectivity index (χ3v) is 4.06. The van der Waals surface area contributed by atoms with E-state index in [1.807, 2.05) is 0 Å². The van der Waals surface area contributed by atoms with E-state index in [9.17, 15) is 14.4 Å². The largest absolute Gasteiger partial charge is 0.461 e. The van der Waals surface area contributed by atoms with Crippen molar-refractivity contribution in [2.75, 3.05) is 11.5 Å². The molecule has 2 heterocycles. The highest BCUT2D eigenvalue weighted by molar-refractivity contribution is 6.46. The lowest BCUT2D eigenvalue weighted by atomic mass is 9.99. The SMILES string of the molecule is CCOC(=O)C1=NN[C@H]2C(=O)N(c3cc(Cl)ccc3C)C(=O)[C@@H]12. The summed E-state index contributed by atoms with van der Waals surface area (Å²) in [4.78, 5) is 38.2. The highest BCUT2D eigenvalue weighted by Crippen LogP contribution is 2.33. The van der Waals surface area contributed by atoms with Crippen LogP contribution < -0.4 is 10.3 Å². The molecule has 0 radical (unpaired) electrons. The fraction of sp³-hybridized carbons (Fsp3) is 0.333. The predicted molar refractivity (Wildman–Crippen MR) is 83.2 cm³/mol. The molecule has 1 N–H and O–H groups in total. The molecule has 0 unspecified atom stereocenters. The zero-order chi connectivity index (χ0) is 16.7. The number of benzene rings is 1. The number of fused-ring (bicyclic) bond motifs is 1. The highest BCUT2D eigenvalue weighted by atomic mass is 35.5. The minimum absolute atomic E-state index is 0.0719. The van der Waals surface area contributed by atoms with Crippen molar-refractivity contribution in [3.05, 3.63) is 28.8 Å². The Labute approximate surface area is 137 Å². The van der Waals surface area contributed by atoms with Gasteiger partial charge in [0.05, 0.1) is 12.3 Å². The van der Waals surface area contributed by atoms with Crippen LogP contribution >= 0.6 is 11.6 Å². The van der Waals surface area contributed by atoms with E-state index in [0.29, 0.717) is 10.7 Å². The molecule has 2 aliphatic heterocycles. The first-order valence-corrected chi connectivity index (χ1v) is 7.47. The molecule has 3 rings (SSSR count). The number of aryl methyl sites for hydroxylation is 1. The van der Waals surface area contributed by atoms with Gasteiger partial charge in [-0.05, 0) is 31.5 Å². The minimum Gasteiger partial charge on any atom is -0.461 e. The normalized spacial score (nSPS) is 22.7. The monoisotopic (exact) mass is 335 g/mol. The van der Waals surface area contributed by atoms with Crippen LogP contribution in [0.4, 0.5) is 5.69 Å². The van der Waals surface area contributed by atoms with Crippen molar-refractivity contribution in [1.29, 1.82) is 0 Å². The number of hydrogen-bond acceptors (Lipinski definition) is 6. The van der Waals surface area contributed by atoms with Crippen LogP contribution in [0.1, 0.15) is 12.5 Å². The number of imide groups is 1. The van der Waals surface area contributed by atoms with Gasteiger partial charge in [0.2, 0.25) is 5.91 Å². The molecule has 0 spiro atoms. The van der Waals surface area contributed by atoms with Crippen molar-refractivity contribution < 1.29 is 19.1 Å². The smallest absolute Gasteiger partial charge is 0.355 e. The number of nitrogens with one attached hydrogen (secondary N) is 1. The Morgan fingerprint density at radius 3 is 2.83 bits per heavy atom. The average Bonchev–Trinajstić information content (AvgIpc) is 3.04. The minimum atomic E-state index is -0.972. The molecular formula is C15H14ClN3O4. The number of carbonyl (C=O) groups excluding carboxylic acids is 3. The fourth-order valence-corrected chi connectivity index (χ4v) is 2.89. The number of rotatable bonds is 3. The van der Waals surface area contributed by atoms with Gasteiger partial charge in [-0.1, -0.05) is 17.7 Å². The summed E-state index contributed by atoms with van der Waals surface area (Å²) in [6.07, 6.45) is 0. The van der Waals surface area contributed by atoms with Crippen molar-refractivity contribution in [3.8, 4) is 0 Å². The van der Waals surface area contributed by atoms with Crippen LogP contribution in [-0.4, -0.2) is 36.1 Å². The molecule has 0 bridgehead atoms.